The fraction of sp³-hybridized carbons (Fsp3) is 0.500. The molecule has 2 aromatic rings. The van der Waals surface area contributed by atoms with Crippen LogP contribution in [-0.2, 0) is 16.6 Å². The van der Waals surface area contributed by atoms with Crippen LogP contribution in [0.5, 0.6) is 0 Å². The number of anilines is 1. The molecule has 1 atom stereocenters. The number of carboxylic acid groups (broad SMARTS) is 1. The van der Waals surface area contributed by atoms with Gasteiger partial charge in [-0.2, -0.15) is 13.2 Å². The Hall–Kier alpha value is -3.22. The molecule has 33 heavy (non-hydrogen) atoms. The van der Waals surface area contributed by atoms with Gasteiger partial charge in [0.15, 0.2) is 5.82 Å². The molecule has 4 heterocycles. The second-order valence-corrected chi connectivity index (χ2v) is 7.97. The highest BCUT2D eigenvalue weighted by atomic mass is 19.4. The van der Waals surface area contributed by atoms with Crippen LogP contribution in [-0.4, -0.2) is 69.5 Å². The van der Waals surface area contributed by atoms with Crippen LogP contribution in [0.4, 0.5) is 23.5 Å². The smallest absolute Gasteiger partial charge is 0.475 e. The van der Waals surface area contributed by atoms with Crippen molar-refractivity contribution in [3.05, 3.63) is 42.2 Å². The van der Waals surface area contributed by atoms with Crippen molar-refractivity contribution in [1.82, 2.24) is 19.9 Å². The lowest BCUT2D eigenvalue weighted by molar-refractivity contribution is -0.192. The third-order valence-electron chi connectivity index (χ3n) is 5.45. The summed E-state index contributed by atoms with van der Waals surface area (Å²) < 4.78 is 52.6. The Morgan fingerprint density at radius 1 is 1.30 bits per heavy atom. The van der Waals surface area contributed by atoms with Crippen molar-refractivity contribution < 1.29 is 37.0 Å². The monoisotopic (exact) mass is 473 g/mol. The quantitative estimate of drug-likeness (QED) is 0.654. The summed E-state index contributed by atoms with van der Waals surface area (Å²) in [5.41, 5.74) is 0.503. The number of aromatic nitrogens is 3. The van der Waals surface area contributed by atoms with E-state index < -0.39 is 18.0 Å². The van der Waals surface area contributed by atoms with Gasteiger partial charge in [0.05, 0.1) is 32.1 Å². The molecular formula is C20H23F4N5O4. The average molecular weight is 473 g/mol. The van der Waals surface area contributed by atoms with Gasteiger partial charge < -0.3 is 24.6 Å². The fourth-order valence-electron chi connectivity index (χ4n) is 3.61. The van der Waals surface area contributed by atoms with E-state index in [4.69, 9.17) is 14.6 Å². The largest absolute Gasteiger partial charge is 0.490 e. The van der Waals surface area contributed by atoms with Gasteiger partial charge in [0.1, 0.15) is 11.3 Å². The van der Waals surface area contributed by atoms with Crippen LogP contribution >= 0.6 is 0 Å². The van der Waals surface area contributed by atoms with Crippen molar-refractivity contribution in [2.45, 2.75) is 24.6 Å². The third kappa shape index (κ3) is 6.18. The molecule has 2 aliphatic rings. The number of rotatable bonds is 4. The highest BCUT2D eigenvalue weighted by Crippen LogP contribution is 2.37. The minimum atomic E-state index is -5.08. The first-order valence-electron chi connectivity index (χ1n) is 10.1. The second-order valence-electron chi connectivity index (χ2n) is 7.97. The lowest BCUT2D eigenvalue weighted by Gasteiger charge is -2.52. The van der Waals surface area contributed by atoms with Crippen molar-refractivity contribution in [1.29, 1.82) is 0 Å². The molecule has 9 nitrogen and oxygen atoms in total. The van der Waals surface area contributed by atoms with Gasteiger partial charge in [-0.1, -0.05) is 0 Å². The van der Waals surface area contributed by atoms with E-state index in [-0.39, 0.29) is 11.5 Å². The van der Waals surface area contributed by atoms with E-state index in [1.165, 1.54) is 12.4 Å². The number of hydrogen-bond acceptors (Lipinski definition) is 6. The molecule has 2 N–H and O–H groups in total. The van der Waals surface area contributed by atoms with E-state index in [9.17, 15) is 22.4 Å². The van der Waals surface area contributed by atoms with Crippen LogP contribution in [0.3, 0.4) is 0 Å². The van der Waals surface area contributed by atoms with E-state index >= 15 is 0 Å². The molecule has 2 aliphatic heterocycles. The lowest BCUT2D eigenvalue weighted by atomic mass is 9.83. The number of nitrogens with zero attached hydrogens (tertiary/aromatic N) is 4. The Morgan fingerprint density at radius 2 is 1.94 bits per heavy atom. The fourth-order valence-corrected chi connectivity index (χ4v) is 3.61. The van der Waals surface area contributed by atoms with Gasteiger partial charge in [-0.15, -0.1) is 0 Å². The van der Waals surface area contributed by atoms with Crippen LogP contribution in [0, 0.1) is 11.7 Å². The van der Waals surface area contributed by atoms with Crippen LogP contribution in [0.1, 0.15) is 23.3 Å². The van der Waals surface area contributed by atoms with Crippen molar-refractivity contribution in [3.63, 3.8) is 0 Å². The molecule has 1 spiro atoms. The molecule has 1 amide bonds. The second kappa shape index (κ2) is 9.73. The van der Waals surface area contributed by atoms with Crippen molar-refractivity contribution in [3.8, 4) is 0 Å². The molecular weight excluding hydrogens is 450 g/mol. The van der Waals surface area contributed by atoms with Crippen molar-refractivity contribution >= 4 is 17.8 Å². The molecule has 1 unspecified atom stereocenters. The van der Waals surface area contributed by atoms with Gasteiger partial charge in [0.25, 0.3) is 5.91 Å². The summed E-state index contributed by atoms with van der Waals surface area (Å²) in [6.45, 7) is 2.69. The van der Waals surface area contributed by atoms with Gasteiger partial charge in [-0.05, 0) is 30.9 Å². The van der Waals surface area contributed by atoms with Gasteiger partial charge in [-0.25, -0.2) is 19.2 Å². The number of hydrogen-bond donors (Lipinski definition) is 2. The Labute approximate surface area is 186 Å². The average Bonchev–Trinajstić information content (AvgIpc) is 3.17. The van der Waals surface area contributed by atoms with E-state index in [1.54, 1.807) is 0 Å². The number of halogens is 4. The minimum Gasteiger partial charge on any atom is -0.475 e. The number of aryl methyl sites for hydroxylation is 1. The Kier molecular flexibility index (Phi) is 7.20. The molecule has 4 rings (SSSR count). The van der Waals surface area contributed by atoms with Crippen LogP contribution in [0.2, 0.25) is 0 Å². The first-order valence-corrected chi connectivity index (χ1v) is 10.1. The van der Waals surface area contributed by atoms with E-state index in [2.05, 4.69) is 15.3 Å². The summed E-state index contributed by atoms with van der Waals surface area (Å²) in [4.78, 5) is 31.1. The molecule has 0 aromatic carbocycles. The van der Waals surface area contributed by atoms with Gasteiger partial charge in [0.2, 0.25) is 5.95 Å². The normalized spacial score (nSPS) is 19.3. The predicted octanol–water partition coefficient (Wildman–Crippen LogP) is 2.00. The maximum Gasteiger partial charge on any atom is 0.490 e. The van der Waals surface area contributed by atoms with Crippen molar-refractivity contribution in [2.75, 3.05) is 31.1 Å². The van der Waals surface area contributed by atoms with Gasteiger partial charge >= 0.3 is 12.1 Å². The van der Waals surface area contributed by atoms with Crippen LogP contribution in [0.15, 0.2) is 30.7 Å². The molecule has 2 aromatic heterocycles. The molecule has 0 aliphatic carbocycles. The zero-order valence-electron chi connectivity index (χ0n) is 17.7. The highest BCUT2D eigenvalue weighted by Gasteiger charge is 2.47. The summed E-state index contributed by atoms with van der Waals surface area (Å²) in [6.07, 6.45) is 1.08. The molecule has 2 fully saturated rings. The van der Waals surface area contributed by atoms with Crippen LogP contribution < -0.4 is 10.2 Å². The summed E-state index contributed by atoms with van der Waals surface area (Å²) in [7, 11) is 1.86. The lowest BCUT2D eigenvalue weighted by Crippen LogP contribution is -2.65. The number of ether oxygens (including phenoxy) is 1. The zero-order chi connectivity index (χ0) is 24.2. The first-order chi connectivity index (χ1) is 15.5. The predicted molar refractivity (Wildman–Crippen MR) is 107 cm³/mol. The van der Waals surface area contributed by atoms with Gasteiger partial charge in [0, 0.05) is 19.8 Å². The molecule has 13 heteroatoms. The number of carbonyl (C=O) groups excluding carboxylic acids is 1. The van der Waals surface area contributed by atoms with E-state index in [0.717, 1.165) is 25.9 Å². The maximum absolute atomic E-state index is 12.9. The van der Waals surface area contributed by atoms with Crippen LogP contribution in [0.25, 0.3) is 0 Å². The summed E-state index contributed by atoms with van der Waals surface area (Å²) >= 11 is 0. The maximum atomic E-state index is 12.9. The Balaban J connectivity index is 0.000000383. The number of aliphatic carboxylic acids is 1. The Morgan fingerprint density at radius 3 is 2.42 bits per heavy atom. The van der Waals surface area contributed by atoms with E-state index in [1.807, 2.05) is 34.8 Å². The van der Waals surface area contributed by atoms with Gasteiger partial charge in [-0.3, -0.25) is 4.79 Å². The third-order valence-corrected chi connectivity index (χ3v) is 5.45. The minimum absolute atomic E-state index is 0.0546. The number of alkyl halides is 3. The number of nitrogens with one attached hydrogen (secondary N) is 1. The molecule has 0 radical (unpaired) electrons. The summed E-state index contributed by atoms with van der Waals surface area (Å²) in [6, 6.07) is 3.66. The van der Waals surface area contributed by atoms with E-state index in [0.29, 0.717) is 30.7 Å². The summed E-state index contributed by atoms with van der Waals surface area (Å²) in [5.74, 6) is -2.38. The topological polar surface area (TPSA) is 110 Å². The standard InChI is InChI=1S/C18H22FN5O2.C2HF3O2/c1-23-6-2-3-15(23)16(25)20-7-13-4-5-18(26-10-13)11-24(12-18)17-21-8-14(19)9-22-17;3-2(4,5)1(6)7/h2-3,6,8-9,13H,4-5,7,10-12H2,1H3,(H,20,25);(H,6,7). The molecule has 180 valence electrons. The molecule has 2 saturated heterocycles. The highest BCUT2D eigenvalue weighted by molar-refractivity contribution is 5.92. The zero-order valence-corrected chi connectivity index (χ0v) is 17.7. The number of amides is 1. The molecule has 0 saturated carbocycles. The molecule has 0 bridgehead atoms. The number of carboxylic acids is 1. The van der Waals surface area contributed by atoms with Crippen molar-refractivity contribution in [2.24, 2.45) is 13.0 Å². The SMILES string of the molecule is Cn1cccc1C(=O)NCC1CCC2(CN(c3ncc(F)cn3)C2)OC1.O=C(O)C(F)(F)F. The first kappa shape index (κ1) is 24.4. The summed E-state index contributed by atoms with van der Waals surface area (Å²) in [5, 5.41) is 10.1. The Bertz CT molecular complexity index is 964. The number of carbonyl (C=O) groups is 2.